The number of methoxy groups -OCH3 is 1. The van der Waals surface area contributed by atoms with Crippen LogP contribution >= 0.6 is 0 Å². The fourth-order valence-electron chi connectivity index (χ4n) is 4.74. The summed E-state index contributed by atoms with van der Waals surface area (Å²) >= 11 is 0. The molecule has 1 unspecified atom stereocenters. The number of aryl methyl sites for hydroxylation is 1. The molecule has 1 fully saturated rings. The normalized spacial score (nSPS) is 18.6. The molecule has 0 radical (unpaired) electrons. The molecule has 1 aliphatic rings. The third-order valence-corrected chi connectivity index (χ3v) is 7.85. The van der Waals surface area contributed by atoms with E-state index >= 15 is 0 Å². The number of anilines is 1. The lowest BCUT2D eigenvalue weighted by Crippen LogP contribution is -2.55. The van der Waals surface area contributed by atoms with Crippen molar-refractivity contribution in [1.82, 2.24) is 28.5 Å². The Labute approximate surface area is 219 Å². The second kappa shape index (κ2) is 9.29. The van der Waals surface area contributed by atoms with E-state index in [2.05, 4.69) is 20.4 Å². The molecule has 1 saturated heterocycles. The summed E-state index contributed by atoms with van der Waals surface area (Å²) in [5.41, 5.74) is 2.17. The Balaban J connectivity index is 1.50. The highest BCUT2D eigenvalue weighted by Crippen LogP contribution is 2.35. The van der Waals surface area contributed by atoms with E-state index in [1.165, 1.54) is 18.5 Å². The number of halogens is 5. The first kappa shape index (κ1) is 27.1. The van der Waals surface area contributed by atoms with Crippen molar-refractivity contribution in [3.63, 3.8) is 0 Å². The molecule has 0 amide bonds. The van der Waals surface area contributed by atoms with Crippen LogP contribution in [0.1, 0.15) is 12.2 Å². The number of hydrogen-bond acceptors (Lipinski definition) is 7. The van der Waals surface area contributed by atoms with Crippen LogP contribution in [0, 0.1) is 6.92 Å². The summed E-state index contributed by atoms with van der Waals surface area (Å²) in [6.45, 7) is -0.751. The number of hydrogen-bond donors (Lipinski definition) is 1. The second-order valence-corrected chi connectivity index (χ2v) is 11.4. The number of nitrogens with one attached hydrogen (secondary N) is 1. The molecule has 16 heteroatoms. The number of rotatable bonds is 6. The molecule has 0 aliphatic carbocycles. The molecule has 1 atom stereocenters. The van der Waals surface area contributed by atoms with Crippen LogP contribution in [0.25, 0.3) is 27.7 Å². The van der Waals surface area contributed by atoms with Gasteiger partial charge in [-0.3, -0.25) is 0 Å². The average Bonchev–Trinajstić information content (AvgIpc) is 3.38. The van der Waals surface area contributed by atoms with Gasteiger partial charge >= 0.3 is 6.18 Å². The van der Waals surface area contributed by atoms with Crippen molar-refractivity contribution >= 4 is 32.5 Å². The van der Waals surface area contributed by atoms with Gasteiger partial charge in [-0.2, -0.15) is 22.5 Å². The first-order valence-corrected chi connectivity index (χ1v) is 13.6. The number of fused-ring (bicyclic) bond motifs is 2. The van der Waals surface area contributed by atoms with Crippen LogP contribution in [0.4, 0.5) is 27.9 Å². The molecule has 4 heterocycles. The Morgan fingerprint density at radius 1 is 1.21 bits per heavy atom. The second-order valence-electron chi connectivity index (χ2n) is 9.37. The lowest BCUT2D eigenvalue weighted by Gasteiger charge is -2.37. The first-order chi connectivity index (χ1) is 18.2. The van der Waals surface area contributed by atoms with Gasteiger partial charge in [0, 0.05) is 18.3 Å². The molecule has 1 aliphatic heterocycles. The summed E-state index contributed by atoms with van der Waals surface area (Å²) in [6, 6.07) is 5.13. The maximum Gasteiger partial charge on any atom is 0.406 e. The summed E-state index contributed by atoms with van der Waals surface area (Å²) in [4.78, 5) is 8.46. The van der Waals surface area contributed by atoms with Gasteiger partial charge in [0.15, 0.2) is 0 Å². The van der Waals surface area contributed by atoms with Crippen LogP contribution in [-0.2, 0) is 16.6 Å². The third kappa shape index (κ3) is 5.22. The molecular weight excluding hydrogens is 549 g/mol. The van der Waals surface area contributed by atoms with Gasteiger partial charge in [0.05, 0.1) is 37.0 Å². The van der Waals surface area contributed by atoms with Crippen molar-refractivity contribution in [2.24, 2.45) is 0 Å². The molecule has 5 rings (SSSR count). The molecule has 1 N–H and O–H groups in total. The Morgan fingerprint density at radius 3 is 2.59 bits per heavy atom. The van der Waals surface area contributed by atoms with Crippen LogP contribution < -0.4 is 10.1 Å². The van der Waals surface area contributed by atoms with E-state index in [0.29, 0.717) is 27.7 Å². The lowest BCUT2D eigenvalue weighted by molar-refractivity contribution is -0.140. The number of piperidine rings is 1. The van der Waals surface area contributed by atoms with E-state index in [-0.39, 0.29) is 30.6 Å². The zero-order valence-corrected chi connectivity index (χ0v) is 21.8. The third-order valence-electron chi connectivity index (χ3n) is 6.60. The van der Waals surface area contributed by atoms with Crippen LogP contribution in [0.3, 0.4) is 0 Å². The summed E-state index contributed by atoms with van der Waals surface area (Å²) in [7, 11) is -2.43. The van der Waals surface area contributed by atoms with E-state index in [9.17, 15) is 30.4 Å². The zero-order chi connectivity index (χ0) is 28.3. The molecule has 39 heavy (non-hydrogen) atoms. The molecular formula is C23H24F5N7O3S. The number of ether oxygens (including phenoxy) is 1. The van der Waals surface area contributed by atoms with Crippen molar-refractivity contribution < 1.29 is 35.1 Å². The van der Waals surface area contributed by atoms with Crippen molar-refractivity contribution in [3.05, 3.63) is 36.3 Å². The van der Waals surface area contributed by atoms with Crippen LogP contribution in [0.2, 0.25) is 0 Å². The van der Waals surface area contributed by atoms with Crippen molar-refractivity contribution in [3.8, 4) is 17.0 Å². The predicted molar refractivity (Wildman–Crippen MR) is 132 cm³/mol. The summed E-state index contributed by atoms with van der Waals surface area (Å²) in [5.74, 6) is -3.28. The maximum atomic E-state index is 14.8. The van der Waals surface area contributed by atoms with Crippen molar-refractivity contribution in [1.29, 1.82) is 0 Å². The molecule has 1 aromatic carbocycles. The zero-order valence-electron chi connectivity index (χ0n) is 21.0. The van der Waals surface area contributed by atoms with E-state index in [0.717, 1.165) is 15.1 Å². The smallest absolute Gasteiger partial charge is 0.406 e. The number of imidazole rings is 1. The molecule has 4 aromatic rings. The summed E-state index contributed by atoms with van der Waals surface area (Å²) in [5, 5.41) is 6.88. The van der Waals surface area contributed by atoms with E-state index in [1.807, 2.05) is 0 Å². The lowest BCUT2D eigenvalue weighted by atomic mass is 10.0. The monoisotopic (exact) mass is 573 g/mol. The largest absolute Gasteiger partial charge is 0.479 e. The predicted octanol–water partition coefficient (Wildman–Crippen LogP) is 3.71. The van der Waals surface area contributed by atoms with Crippen LogP contribution in [0.15, 0.2) is 30.5 Å². The minimum Gasteiger partial charge on any atom is -0.479 e. The molecule has 3 aromatic heterocycles. The van der Waals surface area contributed by atoms with Gasteiger partial charge in [-0.15, -0.1) is 5.10 Å². The van der Waals surface area contributed by atoms with Gasteiger partial charge in [0.1, 0.15) is 17.9 Å². The van der Waals surface area contributed by atoms with Crippen LogP contribution in [-0.4, -0.2) is 81.5 Å². The molecule has 210 valence electrons. The number of alkyl halides is 5. The van der Waals surface area contributed by atoms with Gasteiger partial charge in [0.25, 0.3) is 5.92 Å². The van der Waals surface area contributed by atoms with Gasteiger partial charge in [-0.05, 0) is 37.1 Å². The Morgan fingerprint density at radius 2 is 1.95 bits per heavy atom. The van der Waals surface area contributed by atoms with Crippen molar-refractivity contribution in [2.75, 3.05) is 31.8 Å². The highest BCUT2D eigenvalue weighted by Gasteiger charge is 2.47. The molecule has 0 bridgehead atoms. The maximum absolute atomic E-state index is 14.8. The Kier molecular flexibility index (Phi) is 6.44. The standard InChI is InChI=1S/C23H24F5N7O3S/c1-13-29-16-5-4-14(10-17(16)34(13)12-23(26,27)28)15-6-9-35-19(15)20(38-2)31-21(32-35)30-18-7-8-33(39(3,36)37)11-22(18,24)25/h4-6,9-10,18H,7-8,11-12H2,1-3H3,(H,30,32). The molecule has 0 spiro atoms. The fraction of sp³-hybridized carbons (Fsp3) is 0.435. The highest BCUT2D eigenvalue weighted by molar-refractivity contribution is 7.88. The van der Waals surface area contributed by atoms with Crippen molar-refractivity contribution in [2.45, 2.75) is 38.0 Å². The molecule has 10 nitrogen and oxygen atoms in total. The van der Waals surface area contributed by atoms with Crippen LogP contribution in [0.5, 0.6) is 5.88 Å². The molecule has 0 saturated carbocycles. The topological polar surface area (TPSA) is 107 Å². The first-order valence-electron chi connectivity index (χ1n) is 11.7. The van der Waals surface area contributed by atoms with E-state index in [4.69, 9.17) is 4.74 Å². The number of benzene rings is 1. The van der Waals surface area contributed by atoms with Gasteiger partial charge in [-0.1, -0.05) is 6.07 Å². The number of nitrogens with zero attached hydrogens (tertiary/aromatic N) is 6. The Hall–Kier alpha value is -3.53. The quantitative estimate of drug-likeness (QED) is 0.351. The summed E-state index contributed by atoms with van der Waals surface area (Å²) < 4.78 is 101. The number of aromatic nitrogens is 5. The average molecular weight is 574 g/mol. The Bertz CT molecular complexity index is 1670. The highest BCUT2D eigenvalue weighted by atomic mass is 32.2. The van der Waals surface area contributed by atoms with E-state index in [1.54, 1.807) is 30.5 Å². The van der Waals surface area contributed by atoms with Gasteiger partial charge in [-0.25, -0.2) is 26.7 Å². The van der Waals surface area contributed by atoms with Gasteiger partial charge in [0.2, 0.25) is 21.9 Å². The van der Waals surface area contributed by atoms with E-state index < -0.39 is 41.3 Å². The fourth-order valence-corrected chi connectivity index (χ4v) is 5.59. The van der Waals surface area contributed by atoms with Gasteiger partial charge < -0.3 is 14.6 Å². The summed E-state index contributed by atoms with van der Waals surface area (Å²) in [6.07, 6.45) is -2.18. The SMILES string of the molecule is COc1nc(NC2CCN(S(C)(=O)=O)CC2(F)F)nn2ccc(-c3ccc4nc(C)n(CC(F)(F)F)c4c3)c12. The number of sulfonamides is 1. The minimum absolute atomic E-state index is 0.0458. The minimum atomic E-state index is -4.43.